The Bertz CT molecular complexity index is 595. The molecule has 0 aliphatic carbocycles. The van der Waals surface area contributed by atoms with Crippen LogP contribution < -0.4 is 0 Å². The lowest BCUT2D eigenvalue weighted by Gasteiger charge is -2.30. The van der Waals surface area contributed by atoms with Crippen LogP contribution in [0.4, 0.5) is 0 Å². The van der Waals surface area contributed by atoms with E-state index >= 15 is 0 Å². The lowest BCUT2D eigenvalue weighted by Crippen LogP contribution is -2.41. The van der Waals surface area contributed by atoms with Gasteiger partial charge in [-0.15, -0.1) is 0 Å². The van der Waals surface area contributed by atoms with E-state index in [0.717, 1.165) is 18.4 Å². The lowest BCUT2D eigenvalue weighted by molar-refractivity contribution is -0.135. The molecule has 0 radical (unpaired) electrons. The van der Waals surface area contributed by atoms with Gasteiger partial charge in [-0.2, -0.15) is 8.42 Å². The van der Waals surface area contributed by atoms with E-state index in [0.29, 0.717) is 19.0 Å². The molecule has 1 heterocycles. The Morgan fingerprint density at radius 1 is 1.33 bits per heavy atom. The number of piperidine rings is 1. The van der Waals surface area contributed by atoms with Gasteiger partial charge in [-0.1, -0.05) is 24.6 Å². The van der Waals surface area contributed by atoms with Crippen molar-refractivity contribution in [2.75, 3.05) is 19.7 Å². The Morgan fingerprint density at radius 3 is 2.62 bits per heavy atom. The number of hydrogen-bond donors (Lipinski definition) is 0. The summed E-state index contributed by atoms with van der Waals surface area (Å²) in [5, 5.41) is 0. The van der Waals surface area contributed by atoms with Crippen molar-refractivity contribution in [1.29, 1.82) is 0 Å². The fourth-order valence-corrected chi connectivity index (χ4v) is 3.27. The molecule has 0 saturated carbocycles. The molecule has 5 nitrogen and oxygen atoms in total. The van der Waals surface area contributed by atoms with Crippen LogP contribution in [0.5, 0.6) is 0 Å². The minimum absolute atomic E-state index is 0.0768. The number of hydrogen-bond acceptors (Lipinski definition) is 4. The summed E-state index contributed by atoms with van der Waals surface area (Å²) in [7, 11) is -3.87. The van der Waals surface area contributed by atoms with Crippen molar-refractivity contribution in [2.24, 2.45) is 5.92 Å². The second-order valence-electron chi connectivity index (χ2n) is 5.62. The summed E-state index contributed by atoms with van der Waals surface area (Å²) >= 11 is 0. The highest BCUT2D eigenvalue weighted by atomic mass is 32.2. The molecule has 1 aromatic carbocycles. The third-order valence-electron chi connectivity index (χ3n) is 3.66. The van der Waals surface area contributed by atoms with Crippen LogP contribution in [0.25, 0.3) is 0 Å². The summed E-state index contributed by atoms with van der Waals surface area (Å²) in [6.07, 6.45) is 2.06. The Balaban J connectivity index is 1.95. The number of carbonyl (C=O) groups excluding carboxylic acids is 1. The predicted molar refractivity (Wildman–Crippen MR) is 79.3 cm³/mol. The molecule has 1 aliphatic rings. The van der Waals surface area contributed by atoms with Gasteiger partial charge in [0.25, 0.3) is 10.1 Å². The number of nitrogens with zero attached hydrogens (tertiary/aromatic N) is 1. The topological polar surface area (TPSA) is 63.7 Å². The number of rotatable bonds is 4. The van der Waals surface area contributed by atoms with Crippen LogP contribution in [0.3, 0.4) is 0 Å². The van der Waals surface area contributed by atoms with Crippen LogP contribution in [-0.2, 0) is 19.1 Å². The number of carbonyl (C=O) groups is 1. The van der Waals surface area contributed by atoms with Gasteiger partial charge in [0.1, 0.15) is 6.61 Å². The summed E-state index contributed by atoms with van der Waals surface area (Å²) < 4.78 is 28.9. The van der Waals surface area contributed by atoms with E-state index in [1.165, 1.54) is 12.1 Å². The van der Waals surface area contributed by atoms with Gasteiger partial charge in [-0.25, -0.2) is 0 Å². The van der Waals surface area contributed by atoms with Gasteiger partial charge in [0, 0.05) is 13.1 Å². The van der Waals surface area contributed by atoms with Crippen LogP contribution in [-0.4, -0.2) is 38.9 Å². The van der Waals surface area contributed by atoms with Crippen molar-refractivity contribution in [3.8, 4) is 0 Å². The van der Waals surface area contributed by atoms with Gasteiger partial charge in [-0.3, -0.25) is 8.98 Å². The summed E-state index contributed by atoms with van der Waals surface area (Å²) in [5.41, 5.74) is 0.965. The van der Waals surface area contributed by atoms with Gasteiger partial charge in [-0.05, 0) is 37.8 Å². The summed E-state index contributed by atoms with van der Waals surface area (Å²) in [6, 6.07) is 6.37. The first-order chi connectivity index (χ1) is 9.88. The Labute approximate surface area is 126 Å². The zero-order valence-corrected chi connectivity index (χ0v) is 13.2. The third-order valence-corrected chi connectivity index (χ3v) is 4.93. The van der Waals surface area contributed by atoms with Crippen LogP contribution in [0.1, 0.15) is 25.3 Å². The molecule has 1 amide bonds. The zero-order chi connectivity index (χ0) is 15.5. The molecule has 0 spiro atoms. The molecule has 116 valence electrons. The largest absolute Gasteiger partial charge is 0.340 e. The molecule has 1 aliphatic heterocycles. The molecular weight excluding hydrogens is 290 g/mol. The number of benzene rings is 1. The summed E-state index contributed by atoms with van der Waals surface area (Å²) in [6.45, 7) is 4.88. The lowest BCUT2D eigenvalue weighted by atomic mass is 10.0. The minimum Gasteiger partial charge on any atom is -0.340 e. The van der Waals surface area contributed by atoms with Gasteiger partial charge in [0.05, 0.1) is 4.90 Å². The quantitative estimate of drug-likeness (QED) is 0.797. The van der Waals surface area contributed by atoms with Gasteiger partial charge in [0.2, 0.25) is 5.91 Å². The highest BCUT2D eigenvalue weighted by Crippen LogP contribution is 2.17. The SMILES string of the molecule is Cc1ccc(S(=O)(=O)OCC(=O)N2CCCC(C)C2)cc1. The molecule has 0 aromatic heterocycles. The molecule has 1 saturated heterocycles. The summed E-state index contributed by atoms with van der Waals surface area (Å²) in [4.78, 5) is 13.8. The van der Waals surface area contributed by atoms with E-state index in [9.17, 15) is 13.2 Å². The van der Waals surface area contributed by atoms with Gasteiger partial charge < -0.3 is 4.90 Å². The molecule has 6 heteroatoms. The van der Waals surface area contributed by atoms with E-state index in [2.05, 4.69) is 6.92 Å². The van der Waals surface area contributed by atoms with E-state index in [4.69, 9.17) is 4.18 Å². The maximum atomic E-state index is 12.0. The van der Waals surface area contributed by atoms with Crippen molar-refractivity contribution in [3.05, 3.63) is 29.8 Å². The van der Waals surface area contributed by atoms with Crippen LogP contribution in [0, 0.1) is 12.8 Å². The molecule has 1 aromatic rings. The summed E-state index contributed by atoms with van der Waals surface area (Å²) in [5.74, 6) is 0.189. The third kappa shape index (κ3) is 4.28. The molecule has 2 rings (SSSR count). The maximum absolute atomic E-state index is 12.0. The molecule has 1 unspecified atom stereocenters. The first-order valence-corrected chi connectivity index (χ1v) is 8.53. The molecular formula is C15H21NO4S. The minimum atomic E-state index is -3.87. The monoisotopic (exact) mass is 311 g/mol. The Kier molecular flexibility index (Phi) is 5.00. The predicted octanol–water partition coefficient (Wildman–Crippen LogP) is 1.96. The number of likely N-dealkylation sites (tertiary alicyclic amines) is 1. The highest BCUT2D eigenvalue weighted by molar-refractivity contribution is 7.86. The van der Waals surface area contributed by atoms with Crippen molar-refractivity contribution < 1.29 is 17.4 Å². The van der Waals surface area contributed by atoms with E-state index in [1.807, 2.05) is 6.92 Å². The van der Waals surface area contributed by atoms with E-state index in [1.54, 1.807) is 17.0 Å². The van der Waals surface area contributed by atoms with E-state index in [-0.39, 0.29) is 10.8 Å². The van der Waals surface area contributed by atoms with Crippen LogP contribution in [0.15, 0.2) is 29.2 Å². The molecule has 0 N–H and O–H groups in total. The maximum Gasteiger partial charge on any atom is 0.297 e. The van der Waals surface area contributed by atoms with Crippen LogP contribution >= 0.6 is 0 Å². The average molecular weight is 311 g/mol. The highest BCUT2D eigenvalue weighted by Gasteiger charge is 2.23. The smallest absolute Gasteiger partial charge is 0.297 e. The molecule has 1 fully saturated rings. The first-order valence-electron chi connectivity index (χ1n) is 7.12. The average Bonchev–Trinajstić information content (AvgIpc) is 2.45. The second kappa shape index (κ2) is 6.58. The van der Waals surface area contributed by atoms with Gasteiger partial charge >= 0.3 is 0 Å². The molecule has 1 atom stereocenters. The molecule has 21 heavy (non-hydrogen) atoms. The van der Waals surface area contributed by atoms with Crippen molar-refractivity contribution in [3.63, 3.8) is 0 Å². The Morgan fingerprint density at radius 2 is 2.00 bits per heavy atom. The Hall–Kier alpha value is -1.40. The van der Waals surface area contributed by atoms with Gasteiger partial charge in [0.15, 0.2) is 0 Å². The van der Waals surface area contributed by atoms with Crippen LogP contribution in [0.2, 0.25) is 0 Å². The van der Waals surface area contributed by atoms with Crippen molar-refractivity contribution >= 4 is 16.0 Å². The second-order valence-corrected chi connectivity index (χ2v) is 7.23. The van der Waals surface area contributed by atoms with E-state index < -0.39 is 16.7 Å². The number of amides is 1. The zero-order valence-electron chi connectivity index (χ0n) is 12.4. The normalized spacial score (nSPS) is 19.5. The standard InChI is InChI=1S/C15H21NO4S/c1-12-5-7-14(8-6-12)21(18,19)20-11-15(17)16-9-3-4-13(2)10-16/h5-8,13H,3-4,9-11H2,1-2H3. The van der Waals surface area contributed by atoms with Crippen molar-refractivity contribution in [2.45, 2.75) is 31.6 Å². The first kappa shape index (κ1) is 16.0. The fourth-order valence-electron chi connectivity index (χ4n) is 2.41. The number of aryl methyl sites for hydroxylation is 1. The molecule has 0 bridgehead atoms. The van der Waals surface area contributed by atoms with Crippen molar-refractivity contribution in [1.82, 2.24) is 4.90 Å². The fraction of sp³-hybridized carbons (Fsp3) is 0.533.